The van der Waals surface area contributed by atoms with Crippen LogP contribution in [0.25, 0.3) is 0 Å². The fraction of sp³-hybridized carbons (Fsp3) is 0.200. The molecular weight excluding hydrogens is 212 g/mol. The molecule has 0 unspecified atom stereocenters. The van der Waals surface area contributed by atoms with Crippen molar-refractivity contribution in [2.24, 2.45) is 0 Å². The largest absolute Gasteiger partial charge is 0.245 e. The van der Waals surface area contributed by atoms with Gasteiger partial charge in [0.05, 0.1) is 23.2 Å². The standard InChI is InChI=1S/C10H8N2S2/c11-4-3-8-7-14-10(12-8)6-9-2-1-5-13-9/h1-2,5,7H,3,6H2. The van der Waals surface area contributed by atoms with Crippen molar-refractivity contribution in [2.45, 2.75) is 12.8 Å². The molecule has 0 atom stereocenters. The molecule has 0 aliphatic heterocycles. The number of nitriles is 1. The van der Waals surface area contributed by atoms with Crippen molar-refractivity contribution in [1.29, 1.82) is 5.26 Å². The smallest absolute Gasteiger partial charge is 0.0980 e. The van der Waals surface area contributed by atoms with Gasteiger partial charge >= 0.3 is 0 Å². The molecule has 70 valence electrons. The van der Waals surface area contributed by atoms with E-state index in [4.69, 9.17) is 5.26 Å². The zero-order valence-electron chi connectivity index (χ0n) is 7.43. The first-order valence-corrected chi connectivity index (χ1v) is 5.97. The molecule has 0 saturated carbocycles. The molecule has 14 heavy (non-hydrogen) atoms. The minimum atomic E-state index is 0.418. The summed E-state index contributed by atoms with van der Waals surface area (Å²) in [6.07, 6.45) is 1.31. The van der Waals surface area contributed by atoms with Crippen molar-refractivity contribution in [1.82, 2.24) is 4.98 Å². The van der Waals surface area contributed by atoms with E-state index in [1.165, 1.54) is 4.88 Å². The van der Waals surface area contributed by atoms with E-state index < -0.39 is 0 Å². The van der Waals surface area contributed by atoms with Crippen molar-refractivity contribution in [3.8, 4) is 6.07 Å². The van der Waals surface area contributed by atoms with Crippen LogP contribution in [0.15, 0.2) is 22.9 Å². The summed E-state index contributed by atoms with van der Waals surface area (Å²) >= 11 is 3.37. The third-order valence-electron chi connectivity index (χ3n) is 1.77. The summed E-state index contributed by atoms with van der Waals surface area (Å²) in [4.78, 5) is 5.70. The first-order valence-electron chi connectivity index (χ1n) is 4.21. The number of rotatable bonds is 3. The molecule has 2 aromatic rings. The van der Waals surface area contributed by atoms with Crippen LogP contribution in [0.4, 0.5) is 0 Å². The van der Waals surface area contributed by atoms with Crippen LogP contribution < -0.4 is 0 Å². The van der Waals surface area contributed by atoms with E-state index in [0.29, 0.717) is 6.42 Å². The molecule has 2 heterocycles. The molecule has 0 spiro atoms. The molecule has 2 rings (SSSR count). The van der Waals surface area contributed by atoms with E-state index in [0.717, 1.165) is 17.1 Å². The highest BCUT2D eigenvalue weighted by Crippen LogP contribution is 2.18. The molecule has 2 nitrogen and oxygen atoms in total. The van der Waals surface area contributed by atoms with Crippen LogP contribution in [-0.4, -0.2) is 4.98 Å². The molecule has 0 amide bonds. The van der Waals surface area contributed by atoms with Gasteiger partial charge in [0.1, 0.15) is 0 Å². The Balaban J connectivity index is 2.07. The summed E-state index contributed by atoms with van der Waals surface area (Å²) < 4.78 is 0. The predicted molar refractivity (Wildman–Crippen MR) is 58.6 cm³/mol. The summed E-state index contributed by atoms with van der Waals surface area (Å²) in [5, 5.41) is 13.6. The molecule has 0 aromatic carbocycles. The van der Waals surface area contributed by atoms with E-state index in [9.17, 15) is 0 Å². The lowest BCUT2D eigenvalue weighted by atomic mass is 10.3. The molecule has 0 saturated heterocycles. The molecule has 2 aromatic heterocycles. The number of nitrogens with zero attached hydrogens (tertiary/aromatic N) is 2. The normalized spacial score (nSPS) is 9.93. The number of hydrogen-bond donors (Lipinski definition) is 0. The zero-order chi connectivity index (χ0) is 9.80. The Bertz CT molecular complexity index is 437. The van der Waals surface area contributed by atoms with Gasteiger partial charge in [0.2, 0.25) is 0 Å². The van der Waals surface area contributed by atoms with Crippen molar-refractivity contribution in [3.05, 3.63) is 38.5 Å². The van der Waals surface area contributed by atoms with Gasteiger partial charge < -0.3 is 0 Å². The number of hydrogen-bond acceptors (Lipinski definition) is 4. The summed E-state index contributed by atoms with van der Waals surface area (Å²) in [6.45, 7) is 0. The van der Waals surface area contributed by atoms with Crippen LogP contribution in [0, 0.1) is 11.3 Å². The minimum absolute atomic E-state index is 0.418. The topological polar surface area (TPSA) is 36.7 Å². The quantitative estimate of drug-likeness (QED) is 0.797. The van der Waals surface area contributed by atoms with E-state index in [1.54, 1.807) is 22.7 Å². The van der Waals surface area contributed by atoms with E-state index in [1.807, 2.05) is 11.4 Å². The Kier molecular flexibility index (Phi) is 2.92. The van der Waals surface area contributed by atoms with Crippen molar-refractivity contribution < 1.29 is 0 Å². The molecule has 4 heteroatoms. The predicted octanol–water partition coefficient (Wildman–Crippen LogP) is 2.86. The molecule has 0 aliphatic rings. The number of thiophene rings is 1. The Hall–Kier alpha value is -1.18. The van der Waals surface area contributed by atoms with Gasteiger partial charge in [0, 0.05) is 16.7 Å². The lowest BCUT2D eigenvalue weighted by molar-refractivity contribution is 1.08. The highest BCUT2D eigenvalue weighted by Gasteiger charge is 2.03. The van der Waals surface area contributed by atoms with Crippen molar-refractivity contribution in [2.75, 3.05) is 0 Å². The van der Waals surface area contributed by atoms with E-state index in [2.05, 4.69) is 22.5 Å². The molecule has 0 aliphatic carbocycles. The van der Waals surface area contributed by atoms with Crippen LogP contribution >= 0.6 is 22.7 Å². The molecule has 0 fully saturated rings. The van der Waals surface area contributed by atoms with Gasteiger partial charge in [0.15, 0.2) is 0 Å². The van der Waals surface area contributed by atoms with Crippen molar-refractivity contribution >= 4 is 22.7 Å². The van der Waals surface area contributed by atoms with Gasteiger partial charge in [-0.2, -0.15) is 5.26 Å². The first-order chi connectivity index (χ1) is 6.88. The second-order valence-corrected chi connectivity index (χ2v) is 4.80. The minimum Gasteiger partial charge on any atom is -0.245 e. The summed E-state index contributed by atoms with van der Waals surface area (Å²) in [5.41, 5.74) is 0.893. The lowest BCUT2D eigenvalue weighted by Crippen LogP contribution is -1.85. The average molecular weight is 220 g/mol. The van der Waals surface area contributed by atoms with Gasteiger partial charge in [-0.15, -0.1) is 22.7 Å². The van der Waals surface area contributed by atoms with Crippen LogP contribution in [0.5, 0.6) is 0 Å². The maximum absolute atomic E-state index is 8.50. The maximum Gasteiger partial charge on any atom is 0.0980 e. The molecule has 0 radical (unpaired) electrons. The summed E-state index contributed by atoms with van der Waals surface area (Å²) in [7, 11) is 0. The highest BCUT2D eigenvalue weighted by molar-refractivity contribution is 7.11. The van der Waals surface area contributed by atoms with Gasteiger partial charge in [-0.05, 0) is 11.4 Å². The average Bonchev–Trinajstić information content (AvgIpc) is 2.79. The molecule has 0 N–H and O–H groups in total. The van der Waals surface area contributed by atoms with Crippen LogP contribution in [-0.2, 0) is 12.8 Å². The van der Waals surface area contributed by atoms with Gasteiger partial charge in [-0.1, -0.05) is 6.07 Å². The summed E-state index contributed by atoms with van der Waals surface area (Å²) in [6, 6.07) is 6.26. The summed E-state index contributed by atoms with van der Waals surface area (Å²) in [5.74, 6) is 0. The number of aromatic nitrogens is 1. The van der Waals surface area contributed by atoms with Gasteiger partial charge in [0.25, 0.3) is 0 Å². The monoisotopic (exact) mass is 220 g/mol. The van der Waals surface area contributed by atoms with Crippen LogP contribution in [0.1, 0.15) is 15.6 Å². The maximum atomic E-state index is 8.50. The highest BCUT2D eigenvalue weighted by atomic mass is 32.1. The third kappa shape index (κ3) is 2.19. The van der Waals surface area contributed by atoms with E-state index >= 15 is 0 Å². The fourth-order valence-electron chi connectivity index (χ4n) is 1.15. The Morgan fingerprint density at radius 2 is 2.36 bits per heavy atom. The number of thiazole rings is 1. The SMILES string of the molecule is N#CCc1csc(Cc2cccs2)n1. The second-order valence-electron chi connectivity index (χ2n) is 2.82. The Labute approximate surface area is 90.5 Å². The van der Waals surface area contributed by atoms with Crippen molar-refractivity contribution in [3.63, 3.8) is 0 Å². The fourth-order valence-corrected chi connectivity index (χ4v) is 2.77. The van der Waals surface area contributed by atoms with Crippen LogP contribution in [0.3, 0.4) is 0 Å². The van der Waals surface area contributed by atoms with Crippen LogP contribution in [0.2, 0.25) is 0 Å². The Morgan fingerprint density at radius 3 is 3.07 bits per heavy atom. The van der Waals surface area contributed by atoms with Gasteiger partial charge in [-0.25, -0.2) is 4.98 Å². The van der Waals surface area contributed by atoms with E-state index in [-0.39, 0.29) is 0 Å². The van der Waals surface area contributed by atoms with Gasteiger partial charge in [-0.3, -0.25) is 0 Å². The lowest BCUT2D eigenvalue weighted by Gasteiger charge is -1.90. The molecular formula is C10H8N2S2. The second kappa shape index (κ2) is 4.36. The Morgan fingerprint density at radius 1 is 1.43 bits per heavy atom. The third-order valence-corrected chi connectivity index (χ3v) is 3.54. The zero-order valence-corrected chi connectivity index (χ0v) is 9.07. The molecule has 0 bridgehead atoms. The first kappa shape index (κ1) is 9.38.